The van der Waals surface area contributed by atoms with Crippen molar-refractivity contribution in [2.75, 3.05) is 20.4 Å². The molecule has 168 valence electrons. The Bertz CT molecular complexity index is 1310. The van der Waals surface area contributed by atoms with Gasteiger partial charge in [-0.2, -0.15) is 0 Å². The van der Waals surface area contributed by atoms with Crippen molar-refractivity contribution in [2.45, 2.75) is 15.0 Å². The molecule has 0 bridgehead atoms. The molecule has 1 aliphatic rings. The minimum Gasteiger partial charge on any atom is -0.497 e. The van der Waals surface area contributed by atoms with Crippen molar-refractivity contribution < 1.29 is 31.0 Å². The van der Waals surface area contributed by atoms with E-state index in [1.54, 1.807) is 42.5 Å². The molecule has 1 heterocycles. The molecule has 3 aromatic rings. The van der Waals surface area contributed by atoms with Gasteiger partial charge in [-0.25, -0.2) is 21.6 Å². The van der Waals surface area contributed by atoms with Crippen molar-refractivity contribution in [2.24, 2.45) is 0 Å². The average molecular weight is 476 g/mol. The number of hydrogen-bond acceptors (Lipinski definition) is 7. The van der Waals surface area contributed by atoms with Crippen LogP contribution in [0.3, 0.4) is 0 Å². The third-order valence-electron chi connectivity index (χ3n) is 5.05. The molecule has 3 aromatic carbocycles. The average Bonchev–Trinajstić information content (AvgIpc) is 3.28. The molecule has 0 aromatic heterocycles. The Balaban J connectivity index is 1.64. The molecule has 0 aliphatic carbocycles. The van der Waals surface area contributed by atoms with Gasteiger partial charge in [0.2, 0.25) is 16.8 Å². The van der Waals surface area contributed by atoms with Gasteiger partial charge in [-0.3, -0.25) is 0 Å². The van der Waals surface area contributed by atoms with Crippen molar-refractivity contribution in [3.63, 3.8) is 0 Å². The zero-order chi connectivity index (χ0) is 22.8. The van der Waals surface area contributed by atoms with Crippen LogP contribution in [0.25, 0.3) is 0 Å². The smallest absolute Gasteiger partial charge is 0.240 e. The van der Waals surface area contributed by atoms with Crippen LogP contribution < -0.4 is 18.9 Å². The molecule has 0 amide bonds. The normalized spacial score (nSPS) is 14.2. The van der Waals surface area contributed by atoms with E-state index in [-0.39, 0.29) is 23.1 Å². The van der Waals surface area contributed by atoms with Gasteiger partial charge >= 0.3 is 0 Å². The highest BCUT2D eigenvalue weighted by molar-refractivity contribution is 7.92. The third kappa shape index (κ3) is 4.43. The lowest BCUT2D eigenvalue weighted by atomic mass is 10.1. The predicted molar refractivity (Wildman–Crippen MR) is 117 cm³/mol. The second-order valence-electron chi connectivity index (χ2n) is 6.99. The molecular weight excluding hydrogens is 454 g/mol. The number of sulfone groups is 1. The van der Waals surface area contributed by atoms with Crippen LogP contribution in [0.1, 0.15) is 10.8 Å². The lowest BCUT2D eigenvalue weighted by molar-refractivity contribution is 0.174. The van der Waals surface area contributed by atoms with E-state index in [1.807, 2.05) is 0 Å². The topological polar surface area (TPSA) is 108 Å². The first kappa shape index (κ1) is 22.1. The van der Waals surface area contributed by atoms with Crippen LogP contribution in [-0.2, 0) is 19.9 Å². The first-order valence-electron chi connectivity index (χ1n) is 9.63. The highest BCUT2D eigenvalue weighted by atomic mass is 32.2. The molecule has 0 unspecified atom stereocenters. The minimum atomic E-state index is -4.01. The summed E-state index contributed by atoms with van der Waals surface area (Å²) < 4.78 is 70.6. The largest absolute Gasteiger partial charge is 0.497 e. The Morgan fingerprint density at radius 1 is 0.875 bits per heavy atom. The summed E-state index contributed by atoms with van der Waals surface area (Å²) >= 11 is 0. The van der Waals surface area contributed by atoms with E-state index in [2.05, 4.69) is 4.72 Å². The Hall–Kier alpha value is -3.08. The summed E-state index contributed by atoms with van der Waals surface area (Å²) in [5.74, 6) is 1.29. The number of benzene rings is 3. The minimum absolute atomic E-state index is 0.0163. The maximum Gasteiger partial charge on any atom is 0.240 e. The van der Waals surface area contributed by atoms with Crippen LogP contribution in [-0.4, -0.2) is 37.3 Å². The van der Waals surface area contributed by atoms with Gasteiger partial charge in [0.1, 0.15) is 11.0 Å². The number of rotatable bonds is 8. The Morgan fingerprint density at radius 3 is 2.22 bits per heavy atom. The van der Waals surface area contributed by atoms with Crippen molar-refractivity contribution in [3.8, 4) is 17.2 Å². The van der Waals surface area contributed by atoms with Gasteiger partial charge in [-0.1, -0.05) is 30.3 Å². The first-order valence-corrected chi connectivity index (χ1v) is 12.7. The summed E-state index contributed by atoms with van der Waals surface area (Å²) in [5.41, 5.74) is 0.469. The van der Waals surface area contributed by atoms with Gasteiger partial charge in [-0.05, 0) is 42.0 Å². The van der Waals surface area contributed by atoms with E-state index in [1.165, 1.54) is 37.4 Å². The molecule has 1 atom stereocenters. The Morgan fingerprint density at radius 2 is 1.53 bits per heavy atom. The molecule has 32 heavy (non-hydrogen) atoms. The highest BCUT2D eigenvalue weighted by Crippen LogP contribution is 2.34. The molecule has 0 saturated heterocycles. The number of hydrogen-bond donors (Lipinski definition) is 1. The molecule has 4 rings (SSSR count). The Labute approximate surface area is 186 Å². The van der Waals surface area contributed by atoms with E-state index in [4.69, 9.17) is 14.2 Å². The fraction of sp³-hybridized carbons (Fsp3) is 0.182. The number of sulfonamides is 1. The summed E-state index contributed by atoms with van der Waals surface area (Å²) in [6.45, 7) is -0.336. The van der Waals surface area contributed by atoms with Gasteiger partial charge < -0.3 is 14.2 Å². The maximum atomic E-state index is 13.4. The molecule has 0 saturated carbocycles. The summed E-state index contributed by atoms with van der Waals surface area (Å²) in [6.07, 6.45) is 0. The van der Waals surface area contributed by atoms with Gasteiger partial charge in [0.05, 0.1) is 16.9 Å². The van der Waals surface area contributed by atoms with Crippen LogP contribution >= 0.6 is 0 Å². The molecule has 0 radical (unpaired) electrons. The van der Waals surface area contributed by atoms with E-state index in [0.29, 0.717) is 22.8 Å². The summed E-state index contributed by atoms with van der Waals surface area (Å²) in [6, 6.07) is 18.7. The fourth-order valence-corrected chi connectivity index (χ4v) is 6.15. The van der Waals surface area contributed by atoms with Crippen LogP contribution in [0.5, 0.6) is 17.2 Å². The molecular formula is C22H21NO7S2. The van der Waals surface area contributed by atoms with Crippen LogP contribution in [0.15, 0.2) is 82.6 Å². The lowest BCUT2D eigenvalue weighted by Crippen LogP contribution is -2.32. The van der Waals surface area contributed by atoms with E-state index >= 15 is 0 Å². The monoisotopic (exact) mass is 475 g/mol. The van der Waals surface area contributed by atoms with Crippen LogP contribution in [0, 0.1) is 0 Å². The zero-order valence-corrected chi connectivity index (χ0v) is 18.7. The molecule has 1 aliphatic heterocycles. The highest BCUT2D eigenvalue weighted by Gasteiger charge is 2.31. The van der Waals surface area contributed by atoms with Crippen molar-refractivity contribution in [1.82, 2.24) is 4.72 Å². The number of fused-ring (bicyclic) bond motifs is 1. The zero-order valence-electron chi connectivity index (χ0n) is 17.1. The molecule has 8 nitrogen and oxygen atoms in total. The van der Waals surface area contributed by atoms with Crippen molar-refractivity contribution in [3.05, 3.63) is 78.4 Å². The lowest BCUT2D eigenvalue weighted by Gasteiger charge is -2.19. The predicted octanol–water partition coefficient (Wildman–Crippen LogP) is 2.92. The van der Waals surface area contributed by atoms with Gasteiger partial charge in [0.15, 0.2) is 21.3 Å². The third-order valence-corrected chi connectivity index (χ3v) is 8.59. The van der Waals surface area contributed by atoms with E-state index in [0.717, 1.165) is 0 Å². The quantitative estimate of drug-likeness (QED) is 0.534. The number of nitrogens with one attached hydrogen (secondary N) is 1. The van der Waals surface area contributed by atoms with Gasteiger partial charge in [0, 0.05) is 12.6 Å². The van der Waals surface area contributed by atoms with Gasteiger partial charge in [-0.15, -0.1) is 0 Å². The van der Waals surface area contributed by atoms with E-state index < -0.39 is 25.1 Å². The second-order valence-corrected chi connectivity index (χ2v) is 10.9. The molecule has 1 N–H and O–H groups in total. The van der Waals surface area contributed by atoms with E-state index in [9.17, 15) is 16.8 Å². The van der Waals surface area contributed by atoms with Gasteiger partial charge in [0.25, 0.3) is 0 Å². The molecule has 0 spiro atoms. The molecule has 10 heteroatoms. The SMILES string of the molecule is COc1ccc(S(=O)(=O)[C@@H](CNS(=O)(=O)c2ccc3c(c2)OCO3)c2ccccc2)cc1. The summed E-state index contributed by atoms with van der Waals surface area (Å²) in [7, 11) is -6.44. The van der Waals surface area contributed by atoms with Crippen molar-refractivity contribution >= 4 is 19.9 Å². The van der Waals surface area contributed by atoms with Crippen LogP contribution in [0.4, 0.5) is 0 Å². The van der Waals surface area contributed by atoms with Crippen LogP contribution in [0.2, 0.25) is 0 Å². The maximum absolute atomic E-state index is 13.4. The Kier molecular flexibility index (Phi) is 6.09. The fourth-order valence-electron chi connectivity index (χ4n) is 3.32. The summed E-state index contributed by atoms with van der Waals surface area (Å²) in [5, 5.41) is -1.14. The summed E-state index contributed by atoms with van der Waals surface area (Å²) in [4.78, 5) is 0.0184. The standard InChI is InChI=1S/C22H21NO7S2/c1-28-17-7-9-18(10-8-17)31(24,25)22(16-5-3-2-4-6-16)14-23-32(26,27)19-11-12-20-21(13-19)30-15-29-20/h2-13,22-23H,14-15H2,1H3/t22-/m0/s1. The second kappa shape index (κ2) is 8.81. The number of methoxy groups -OCH3 is 1. The number of ether oxygens (including phenoxy) is 3. The first-order chi connectivity index (χ1) is 15.3. The molecule has 0 fully saturated rings. The van der Waals surface area contributed by atoms with Crippen molar-refractivity contribution in [1.29, 1.82) is 0 Å².